The van der Waals surface area contributed by atoms with Crippen LogP contribution in [0, 0.1) is 19.8 Å². The third kappa shape index (κ3) is 4.40. The third-order valence-corrected chi connectivity index (χ3v) is 5.96. The predicted molar refractivity (Wildman–Crippen MR) is 118 cm³/mol. The Bertz CT molecular complexity index is 932. The van der Waals surface area contributed by atoms with Crippen molar-refractivity contribution in [2.75, 3.05) is 37.7 Å². The Morgan fingerprint density at radius 3 is 2.07 bits per heavy atom. The fourth-order valence-corrected chi connectivity index (χ4v) is 3.89. The van der Waals surface area contributed by atoms with Crippen LogP contribution in [-0.2, 0) is 9.53 Å². The van der Waals surface area contributed by atoms with E-state index in [0.717, 1.165) is 29.5 Å². The highest BCUT2D eigenvalue weighted by Gasteiger charge is 2.29. The molecular weight excluding hydrogens is 380 g/mol. The van der Waals surface area contributed by atoms with E-state index >= 15 is 0 Å². The van der Waals surface area contributed by atoms with Crippen LogP contribution in [0.4, 0.5) is 5.82 Å². The number of hydrogen-bond donors (Lipinski definition) is 0. The monoisotopic (exact) mass is 412 g/mol. The summed E-state index contributed by atoms with van der Waals surface area (Å²) in [6.07, 6.45) is 1.72. The molecule has 1 aromatic heterocycles. The maximum atomic E-state index is 12.7. The van der Waals surface area contributed by atoms with Crippen molar-refractivity contribution in [3.05, 3.63) is 29.0 Å². The van der Waals surface area contributed by atoms with Crippen molar-refractivity contribution >= 4 is 28.7 Å². The highest BCUT2D eigenvalue weighted by molar-refractivity contribution is 5.95. The van der Waals surface area contributed by atoms with Crippen molar-refractivity contribution in [2.24, 2.45) is 5.92 Å². The van der Waals surface area contributed by atoms with E-state index in [2.05, 4.69) is 18.8 Å². The lowest BCUT2D eigenvalue weighted by molar-refractivity contribution is -0.136. The number of aromatic nitrogens is 2. The van der Waals surface area contributed by atoms with Gasteiger partial charge in [-0.3, -0.25) is 4.79 Å². The zero-order chi connectivity index (χ0) is 21.8. The molecule has 0 atom stereocenters. The molecule has 1 saturated heterocycles. The van der Waals surface area contributed by atoms with Gasteiger partial charge in [-0.1, -0.05) is 13.8 Å². The van der Waals surface area contributed by atoms with Crippen molar-refractivity contribution < 1.29 is 14.3 Å². The van der Waals surface area contributed by atoms with E-state index in [-0.39, 0.29) is 24.1 Å². The van der Waals surface area contributed by atoms with E-state index in [9.17, 15) is 9.59 Å². The Kier molecular flexibility index (Phi) is 6.90. The van der Waals surface area contributed by atoms with Crippen molar-refractivity contribution in [3.8, 4) is 0 Å². The van der Waals surface area contributed by atoms with E-state index in [4.69, 9.17) is 9.72 Å². The average molecular weight is 413 g/mol. The molecule has 1 aliphatic heterocycles. The fourth-order valence-electron chi connectivity index (χ4n) is 3.89. The number of carbonyl (C=O) groups excluding carboxylic acids is 2. The number of fused-ring (bicyclic) bond motifs is 1. The number of amides is 1. The molecule has 2 heterocycles. The molecule has 7 nitrogen and oxygen atoms in total. The molecule has 0 radical (unpaired) electrons. The molecule has 3 rings (SSSR count). The Balaban J connectivity index is 1.91. The highest BCUT2D eigenvalue weighted by Crippen LogP contribution is 2.25. The number of aryl methyl sites for hydroxylation is 2. The summed E-state index contributed by atoms with van der Waals surface area (Å²) in [7, 11) is 0. The van der Waals surface area contributed by atoms with Crippen LogP contribution >= 0.6 is 0 Å². The van der Waals surface area contributed by atoms with E-state index in [0.29, 0.717) is 37.5 Å². The van der Waals surface area contributed by atoms with E-state index in [1.165, 1.54) is 0 Å². The van der Waals surface area contributed by atoms with Gasteiger partial charge in [0.1, 0.15) is 0 Å². The van der Waals surface area contributed by atoms with Crippen LogP contribution < -0.4 is 4.90 Å². The van der Waals surface area contributed by atoms with Crippen molar-refractivity contribution in [1.29, 1.82) is 0 Å². The number of benzene rings is 1. The number of ether oxygens (including phenoxy) is 1. The van der Waals surface area contributed by atoms with Gasteiger partial charge in [0.25, 0.3) is 0 Å². The van der Waals surface area contributed by atoms with Gasteiger partial charge < -0.3 is 14.5 Å². The molecule has 0 aliphatic carbocycles. The number of esters is 1. The zero-order valence-electron chi connectivity index (χ0n) is 18.7. The molecule has 162 valence electrons. The van der Waals surface area contributed by atoms with Crippen molar-refractivity contribution in [1.82, 2.24) is 14.9 Å². The van der Waals surface area contributed by atoms with Gasteiger partial charge in [-0.05, 0) is 56.9 Å². The highest BCUT2D eigenvalue weighted by atomic mass is 16.5. The Morgan fingerprint density at radius 1 is 0.967 bits per heavy atom. The SMILES string of the molecule is CCOC(=O)c1nc2cc(C)c(C)cc2nc1N1CCN(C(=O)C(CC)CC)CC1. The van der Waals surface area contributed by atoms with E-state index < -0.39 is 5.97 Å². The second-order valence-corrected chi connectivity index (χ2v) is 7.87. The van der Waals surface area contributed by atoms with Crippen LogP contribution in [0.15, 0.2) is 12.1 Å². The lowest BCUT2D eigenvalue weighted by Crippen LogP contribution is -2.51. The predicted octanol–water partition coefficient (Wildman–Crippen LogP) is 3.51. The summed E-state index contributed by atoms with van der Waals surface area (Å²) in [5.41, 5.74) is 3.93. The second-order valence-electron chi connectivity index (χ2n) is 7.87. The number of hydrogen-bond acceptors (Lipinski definition) is 6. The smallest absolute Gasteiger partial charge is 0.360 e. The van der Waals surface area contributed by atoms with Crippen LogP contribution in [0.1, 0.15) is 55.2 Å². The summed E-state index contributed by atoms with van der Waals surface area (Å²) in [6, 6.07) is 3.96. The fraction of sp³-hybridized carbons (Fsp3) is 0.565. The largest absolute Gasteiger partial charge is 0.461 e. The minimum atomic E-state index is -0.462. The third-order valence-electron chi connectivity index (χ3n) is 5.96. The summed E-state index contributed by atoms with van der Waals surface area (Å²) in [6.45, 7) is 12.7. The van der Waals surface area contributed by atoms with Crippen molar-refractivity contribution in [2.45, 2.75) is 47.5 Å². The Morgan fingerprint density at radius 2 is 1.53 bits per heavy atom. The number of piperazine rings is 1. The molecular formula is C23H32N4O3. The number of anilines is 1. The van der Waals surface area contributed by atoms with Crippen LogP contribution in [0.25, 0.3) is 11.0 Å². The summed E-state index contributed by atoms with van der Waals surface area (Å²) in [4.78, 5) is 38.7. The molecule has 30 heavy (non-hydrogen) atoms. The first kappa shape index (κ1) is 22.0. The summed E-state index contributed by atoms with van der Waals surface area (Å²) in [5, 5.41) is 0. The molecule has 0 N–H and O–H groups in total. The lowest BCUT2D eigenvalue weighted by Gasteiger charge is -2.37. The lowest BCUT2D eigenvalue weighted by atomic mass is 10.0. The first-order chi connectivity index (χ1) is 14.4. The molecule has 7 heteroatoms. The van der Waals surface area contributed by atoms with Crippen LogP contribution in [0.2, 0.25) is 0 Å². The van der Waals surface area contributed by atoms with E-state index in [1.807, 2.05) is 35.8 Å². The van der Waals surface area contributed by atoms with Gasteiger partial charge in [-0.15, -0.1) is 0 Å². The normalized spacial score (nSPS) is 14.5. The summed E-state index contributed by atoms with van der Waals surface area (Å²) < 4.78 is 5.25. The topological polar surface area (TPSA) is 75.6 Å². The van der Waals surface area contributed by atoms with Gasteiger partial charge in [0.15, 0.2) is 11.5 Å². The van der Waals surface area contributed by atoms with Crippen LogP contribution in [-0.4, -0.2) is 59.5 Å². The molecule has 2 aromatic rings. The van der Waals surface area contributed by atoms with E-state index in [1.54, 1.807) is 6.92 Å². The molecule has 1 aromatic carbocycles. The van der Waals surface area contributed by atoms with Crippen molar-refractivity contribution in [3.63, 3.8) is 0 Å². The minimum absolute atomic E-state index is 0.0818. The van der Waals surface area contributed by atoms with Gasteiger partial charge >= 0.3 is 5.97 Å². The average Bonchev–Trinajstić information content (AvgIpc) is 2.75. The van der Waals surface area contributed by atoms with Gasteiger partial charge in [0, 0.05) is 32.1 Å². The molecule has 0 saturated carbocycles. The Hall–Kier alpha value is -2.70. The number of nitrogens with zero attached hydrogens (tertiary/aromatic N) is 4. The van der Waals surface area contributed by atoms with Gasteiger partial charge in [0.2, 0.25) is 5.91 Å². The summed E-state index contributed by atoms with van der Waals surface area (Å²) in [5.74, 6) is 0.383. The standard InChI is InChI=1S/C23H32N4O3/c1-6-17(7-2)22(28)27-11-9-26(10-12-27)21-20(23(29)30-8-3)24-18-13-15(4)16(5)14-19(18)25-21/h13-14,17H,6-12H2,1-5H3. The first-order valence-corrected chi connectivity index (χ1v) is 10.9. The molecule has 1 amide bonds. The quantitative estimate of drug-likeness (QED) is 0.676. The molecule has 0 spiro atoms. The maximum Gasteiger partial charge on any atom is 0.360 e. The molecule has 1 aliphatic rings. The number of rotatable bonds is 6. The van der Waals surface area contributed by atoms with Gasteiger partial charge in [-0.2, -0.15) is 0 Å². The maximum absolute atomic E-state index is 12.7. The second kappa shape index (κ2) is 9.41. The van der Waals surface area contributed by atoms with Gasteiger partial charge in [-0.25, -0.2) is 14.8 Å². The molecule has 0 bridgehead atoms. The molecule has 0 unspecified atom stereocenters. The minimum Gasteiger partial charge on any atom is -0.461 e. The first-order valence-electron chi connectivity index (χ1n) is 10.9. The zero-order valence-corrected chi connectivity index (χ0v) is 18.7. The summed E-state index contributed by atoms with van der Waals surface area (Å²) >= 11 is 0. The van der Waals surface area contributed by atoms with Crippen LogP contribution in [0.3, 0.4) is 0 Å². The van der Waals surface area contributed by atoms with Crippen LogP contribution in [0.5, 0.6) is 0 Å². The van der Waals surface area contributed by atoms with Gasteiger partial charge in [0.05, 0.1) is 17.6 Å². The Labute approximate surface area is 178 Å². The number of carbonyl (C=O) groups is 2. The molecule has 1 fully saturated rings.